The van der Waals surface area contributed by atoms with E-state index in [1.165, 1.54) is 19.2 Å². The Balaban J connectivity index is 1.66. The molecule has 1 aliphatic heterocycles. The number of anilines is 1. The van der Waals surface area contributed by atoms with Crippen LogP contribution in [-0.2, 0) is 9.59 Å². The molecule has 7 nitrogen and oxygen atoms in total. The Bertz CT molecular complexity index is 1520. The number of ether oxygens (including phenoxy) is 2. The summed E-state index contributed by atoms with van der Waals surface area (Å²) in [7, 11) is 1.49. The number of methoxy groups -OCH3 is 1. The number of halogens is 3. The van der Waals surface area contributed by atoms with Gasteiger partial charge in [-0.3, -0.25) is 14.5 Å². The van der Waals surface area contributed by atoms with Gasteiger partial charge < -0.3 is 19.6 Å². The largest absolute Gasteiger partial charge is 0.573 e. The molecule has 2 heterocycles. The van der Waals surface area contributed by atoms with Gasteiger partial charge in [0.25, 0.3) is 11.7 Å². The average Bonchev–Trinajstić information content (AvgIpc) is 3.42. The third-order valence-electron chi connectivity index (χ3n) is 6.07. The molecule has 0 spiro atoms. The normalized spacial score (nSPS) is 17.4. The van der Waals surface area contributed by atoms with Crippen LogP contribution >= 0.6 is 0 Å². The summed E-state index contributed by atoms with van der Waals surface area (Å²) in [4.78, 5) is 30.7. The lowest BCUT2D eigenvalue weighted by Gasteiger charge is -2.25. The van der Waals surface area contributed by atoms with E-state index in [1.807, 2.05) is 6.07 Å². The van der Waals surface area contributed by atoms with Crippen molar-refractivity contribution in [3.05, 3.63) is 95.7 Å². The fraction of sp³-hybridized carbons (Fsp3) is 0.111. The molecule has 1 saturated heterocycles. The number of carbonyl (C=O) groups excluding carboxylic acids is 2. The molecule has 1 unspecified atom stereocenters. The molecule has 188 valence electrons. The lowest BCUT2D eigenvalue weighted by Crippen LogP contribution is -2.29. The number of nitrogens with one attached hydrogen (secondary N) is 1. The van der Waals surface area contributed by atoms with Crippen LogP contribution < -0.4 is 14.4 Å². The standard InChI is InChI=1S/C27H19F3N2O5/c1-36-17-10-6-15(7-11-17)23-22(24(33)20-14-31-21-5-3-2-4-19(20)21)25(34)26(35)32(23)16-8-12-18(13-9-16)37-27(28,29)30/h2-14,23,31,33H,1H3/b24-22-. The zero-order valence-corrected chi connectivity index (χ0v) is 19.2. The molecular formula is C27H19F3N2O5. The Morgan fingerprint density at radius 2 is 1.59 bits per heavy atom. The number of aromatic amines is 1. The number of H-pyrrole nitrogens is 1. The minimum absolute atomic E-state index is 0.149. The van der Waals surface area contributed by atoms with Crippen molar-refractivity contribution in [2.75, 3.05) is 12.0 Å². The lowest BCUT2D eigenvalue weighted by atomic mass is 9.95. The second-order valence-corrected chi connectivity index (χ2v) is 8.23. The molecule has 5 rings (SSSR count). The highest BCUT2D eigenvalue weighted by Crippen LogP contribution is 2.43. The van der Waals surface area contributed by atoms with Gasteiger partial charge in [-0.1, -0.05) is 30.3 Å². The van der Waals surface area contributed by atoms with Gasteiger partial charge in [-0.25, -0.2) is 0 Å². The molecule has 1 amide bonds. The number of amides is 1. The number of benzene rings is 3. The number of alkyl halides is 3. The molecule has 0 radical (unpaired) electrons. The highest BCUT2D eigenvalue weighted by atomic mass is 19.4. The van der Waals surface area contributed by atoms with E-state index >= 15 is 0 Å². The number of nitrogens with zero attached hydrogens (tertiary/aromatic N) is 1. The minimum atomic E-state index is -4.88. The molecule has 2 N–H and O–H groups in total. The number of hydrogen-bond acceptors (Lipinski definition) is 5. The highest BCUT2D eigenvalue weighted by molar-refractivity contribution is 6.51. The predicted octanol–water partition coefficient (Wildman–Crippen LogP) is 5.70. The summed E-state index contributed by atoms with van der Waals surface area (Å²) in [5.41, 5.74) is 1.53. The number of aliphatic hydroxyl groups excluding tert-OH is 1. The summed E-state index contributed by atoms with van der Waals surface area (Å²) in [6.07, 6.45) is -3.34. The molecule has 1 fully saturated rings. The zero-order chi connectivity index (χ0) is 26.3. The summed E-state index contributed by atoms with van der Waals surface area (Å²) < 4.78 is 46.9. The van der Waals surface area contributed by atoms with E-state index in [-0.39, 0.29) is 17.0 Å². The Morgan fingerprint density at radius 1 is 0.946 bits per heavy atom. The quantitative estimate of drug-likeness (QED) is 0.205. The van der Waals surface area contributed by atoms with Gasteiger partial charge in [0.2, 0.25) is 0 Å². The number of para-hydroxylation sites is 1. The third kappa shape index (κ3) is 4.37. The van der Waals surface area contributed by atoms with Gasteiger partial charge in [-0.2, -0.15) is 0 Å². The number of ketones is 1. The van der Waals surface area contributed by atoms with Crippen LogP contribution in [0.3, 0.4) is 0 Å². The van der Waals surface area contributed by atoms with Gasteiger partial charge in [0.1, 0.15) is 17.3 Å². The first kappa shape index (κ1) is 24.0. The number of hydrogen-bond donors (Lipinski definition) is 2. The van der Waals surface area contributed by atoms with Gasteiger partial charge >= 0.3 is 6.36 Å². The van der Waals surface area contributed by atoms with E-state index in [0.717, 1.165) is 22.5 Å². The summed E-state index contributed by atoms with van der Waals surface area (Å²) in [6.45, 7) is 0. The van der Waals surface area contributed by atoms with Crippen LogP contribution in [0.2, 0.25) is 0 Å². The van der Waals surface area contributed by atoms with Crippen molar-refractivity contribution in [2.45, 2.75) is 12.4 Å². The van der Waals surface area contributed by atoms with Crippen molar-refractivity contribution in [3.63, 3.8) is 0 Å². The number of aliphatic hydroxyl groups is 1. The molecule has 1 atom stereocenters. The summed E-state index contributed by atoms with van der Waals surface area (Å²) in [5, 5.41) is 12.0. The molecule has 3 aromatic carbocycles. The van der Waals surface area contributed by atoms with Crippen LogP contribution in [-0.4, -0.2) is 35.3 Å². The van der Waals surface area contributed by atoms with Crippen molar-refractivity contribution >= 4 is 34.0 Å². The Morgan fingerprint density at radius 3 is 2.24 bits per heavy atom. The average molecular weight is 508 g/mol. The van der Waals surface area contributed by atoms with Gasteiger partial charge in [0.15, 0.2) is 0 Å². The first-order valence-corrected chi connectivity index (χ1v) is 11.0. The Kier molecular flexibility index (Phi) is 5.87. The monoisotopic (exact) mass is 508 g/mol. The van der Waals surface area contributed by atoms with Gasteiger partial charge in [0, 0.05) is 28.4 Å². The summed E-state index contributed by atoms with van der Waals surface area (Å²) in [6, 6.07) is 17.2. The second-order valence-electron chi connectivity index (χ2n) is 8.23. The van der Waals surface area contributed by atoms with Crippen molar-refractivity contribution < 1.29 is 37.3 Å². The SMILES string of the molecule is COc1ccc(C2/C(=C(/O)c3c[nH]c4ccccc34)C(=O)C(=O)N2c2ccc(OC(F)(F)F)cc2)cc1. The van der Waals surface area contributed by atoms with Crippen LogP contribution in [0, 0.1) is 0 Å². The van der Waals surface area contributed by atoms with E-state index in [2.05, 4.69) is 9.72 Å². The van der Waals surface area contributed by atoms with Crippen molar-refractivity contribution in [2.24, 2.45) is 0 Å². The van der Waals surface area contributed by atoms with Crippen LogP contribution in [0.4, 0.5) is 18.9 Å². The molecule has 4 aromatic rings. The molecule has 0 bridgehead atoms. The zero-order valence-electron chi connectivity index (χ0n) is 19.2. The van der Waals surface area contributed by atoms with E-state index in [4.69, 9.17) is 4.74 Å². The van der Waals surface area contributed by atoms with Crippen LogP contribution in [0.25, 0.3) is 16.7 Å². The first-order chi connectivity index (χ1) is 17.7. The van der Waals surface area contributed by atoms with Gasteiger partial charge in [-0.15, -0.1) is 13.2 Å². The molecule has 37 heavy (non-hydrogen) atoms. The van der Waals surface area contributed by atoms with Crippen molar-refractivity contribution in [3.8, 4) is 11.5 Å². The number of rotatable bonds is 5. The number of carbonyl (C=O) groups is 2. The van der Waals surface area contributed by atoms with Crippen LogP contribution in [0.1, 0.15) is 17.2 Å². The Hall–Kier alpha value is -4.73. The molecule has 1 aliphatic rings. The number of aromatic nitrogens is 1. The maximum absolute atomic E-state index is 13.3. The topological polar surface area (TPSA) is 91.9 Å². The maximum atomic E-state index is 13.3. The van der Waals surface area contributed by atoms with Crippen molar-refractivity contribution in [1.82, 2.24) is 4.98 Å². The van der Waals surface area contributed by atoms with E-state index in [0.29, 0.717) is 22.3 Å². The van der Waals surface area contributed by atoms with Crippen LogP contribution in [0.15, 0.2) is 84.6 Å². The Labute approximate surface area is 208 Å². The van der Waals surface area contributed by atoms with E-state index in [1.54, 1.807) is 48.7 Å². The predicted molar refractivity (Wildman–Crippen MR) is 129 cm³/mol. The number of fused-ring (bicyclic) bond motifs is 1. The van der Waals surface area contributed by atoms with Gasteiger partial charge in [-0.05, 0) is 48.0 Å². The van der Waals surface area contributed by atoms with Gasteiger partial charge in [0.05, 0.1) is 18.7 Å². The fourth-order valence-corrected chi connectivity index (χ4v) is 4.42. The molecule has 1 aromatic heterocycles. The minimum Gasteiger partial charge on any atom is -0.507 e. The smallest absolute Gasteiger partial charge is 0.507 e. The summed E-state index contributed by atoms with van der Waals surface area (Å²) in [5.74, 6) is -2.19. The van der Waals surface area contributed by atoms with Crippen molar-refractivity contribution in [1.29, 1.82) is 0 Å². The molecule has 0 aliphatic carbocycles. The second kappa shape index (κ2) is 9.05. The van der Waals surface area contributed by atoms with E-state index < -0.39 is 29.8 Å². The number of Topliss-reactive ketones (excluding diaryl/α,β-unsaturated/α-hetero) is 1. The molecule has 0 saturated carbocycles. The van der Waals surface area contributed by atoms with Crippen LogP contribution in [0.5, 0.6) is 11.5 Å². The summed E-state index contributed by atoms with van der Waals surface area (Å²) >= 11 is 0. The first-order valence-electron chi connectivity index (χ1n) is 11.0. The lowest BCUT2D eigenvalue weighted by molar-refractivity contribution is -0.274. The highest BCUT2D eigenvalue weighted by Gasteiger charge is 2.47. The third-order valence-corrected chi connectivity index (χ3v) is 6.07. The molecular weight excluding hydrogens is 489 g/mol. The fourth-order valence-electron chi connectivity index (χ4n) is 4.42. The molecule has 10 heteroatoms. The van der Waals surface area contributed by atoms with E-state index in [9.17, 15) is 27.9 Å². The maximum Gasteiger partial charge on any atom is 0.573 e.